The molecule has 6 heteroatoms. The summed E-state index contributed by atoms with van der Waals surface area (Å²) in [4.78, 5) is 11.7. The highest BCUT2D eigenvalue weighted by molar-refractivity contribution is 7.92. The average Bonchev–Trinajstić information content (AvgIpc) is 2.93. The molecule has 1 fully saturated rings. The molecular weight excluding hydrogens is 252 g/mol. The normalized spacial score (nSPS) is 22.3. The molecule has 18 heavy (non-hydrogen) atoms. The third-order valence-electron chi connectivity index (χ3n) is 2.88. The van der Waals surface area contributed by atoms with Crippen molar-refractivity contribution in [1.82, 2.24) is 0 Å². The first-order chi connectivity index (χ1) is 8.35. The number of benzene rings is 1. The van der Waals surface area contributed by atoms with Crippen LogP contribution in [0.15, 0.2) is 24.3 Å². The fourth-order valence-corrected chi connectivity index (χ4v) is 2.35. The monoisotopic (exact) mass is 268 g/mol. The van der Waals surface area contributed by atoms with Crippen molar-refractivity contribution in [3.8, 4) is 0 Å². The predicted octanol–water partition coefficient (Wildman–Crippen LogP) is 1.65. The molecule has 0 unspecified atom stereocenters. The number of carbonyl (C=O) groups is 1. The van der Waals surface area contributed by atoms with Gasteiger partial charge in [0.05, 0.1) is 11.9 Å². The number of rotatable bonds is 4. The lowest BCUT2D eigenvalue weighted by Gasteiger charge is -2.08. The van der Waals surface area contributed by atoms with Crippen LogP contribution in [-0.4, -0.2) is 20.6 Å². The van der Waals surface area contributed by atoms with Gasteiger partial charge in [0.15, 0.2) is 0 Å². The third-order valence-corrected chi connectivity index (χ3v) is 3.49. The van der Waals surface area contributed by atoms with E-state index < -0.39 is 10.0 Å². The van der Waals surface area contributed by atoms with E-state index in [1.165, 1.54) is 0 Å². The Morgan fingerprint density at radius 2 is 1.94 bits per heavy atom. The molecule has 1 aliphatic carbocycles. The van der Waals surface area contributed by atoms with Crippen molar-refractivity contribution in [2.45, 2.75) is 13.3 Å². The molecule has 0 saturated heterocycles. The van der Waals surface area contributed by atoms with E-state index in [2.05, 4.69) is 10.0 Å². The molecular formula is C12H16N2O3S. The van der Waals surface area contributed by atoms with Gasteiger partial charge in [-0.3, -0.25) is 9.52 Å². The van der Waals surface area contributed by atoms with E-state index >= 15 is 0 Å². The Kier molecular flexibility index (Phi) is 3.30. The van der Waals surface area contributed by atoms with E-state index in [0.29, 0.717) is 17.3 Å². The molecule has 1 amide bonds. The summed E-state index contributed by atoms with van der Waals surface area (Å²) in [5, 5.41) is 2.79. The Morgan fingerprint density at radius 1 is 1.33 bits per heavy atom. The van der Waals surface area contributed by atoms with Gasteiger partial charge in [0.1, 0.15) is 0 Å². The predicted molar refractivity (Wildman–Crippen MR) is 70.8 cm³/mol. The number of carbonyl (C=O) groups excluding carboxylic acids is 1. The van der Waals surface area contributed by atoms with Crippen LogP contribution >= 0.6 is 0 Å². The van der Waals surface area contributed by atoms with Crippen LogP contribution in [0.4, 0.5) is 11.4 Å². The molecule has 0 spiro atoms. The Morgan fingerprint density at radius 3 is 2.50 bits per heavy atom. The lowest BCUT2D eigenvalue weighted by atomic mass is 10.2. The minimum Gasteiger partial charge on any atom is -0.326 e. The van der Waals surface area contributed by atoms with Crippen LogP contribution in [0.1, 0.15) is 13.3 Å². The van der Waals surface area contributed by atoms with Gasteiger partial charge in [-0.2, -0.15) is 0 Å². The van der Waals surface area contributed by atoms with E-state index in [1.54, 1.807) is 24.3 Å². The average molecular weight is 268 g/mol. The number of hydrogen-bond donors (Lipinski definition) is 2. The summed E-state index contributed by atoms with van der Waals surface area (Å²) in [6.07, 6.45) is 2.01. The molecule has 1 aromatic carbocycles. The highest BCUT2D eigenvalue weighted by Gasteiger charge is 2.39. The van der Waals surface area contributed by atoms with E-state index in [4.69, 9.17) is 0 Å². The zero-order valence-electron chi connectivity index (χ0n) is 10.3. The molecule has 0 aliphatic heterocycles. The van der Waals surface area contributed by atoms with Gasteiger partial charge < -0.3 is 5.32 Å². The first-order valence-corrected chi connectivity index (χ1v) is 7.63. The summed E-state index contributed by atoms with van der Waals surface area (Å²) in [7, 11) is -3.30. The van der Waals surface area contributed by atoms with E-state index in [0.717, 1.165) is 12.7 Å². The first-order valence-electron chi connectivity index (χ1n) is 5.74. The minimum atomic E-state index is -3.30. The van der Waals surface area contributed by atoms with Gasteiger partial charge in [-0.15, -0.1) is 0 Å². The third kappa shape index (κ3) is 3.46. The molecule has 0 bridgehead atoms. The highest BCUT2D eigenvalue weighted by atomic mass is 32.2. The largest absolute Gasteiger partial charge is 0.326 e. The van der Waals surface area contributed by atoms with Crippen LogP contribution in [0.3, 0.4) is 0 Å². The minimum absolute atomic E-state index is 0.000921. The molecule has 0 radical (unpaired) electrons. The Bertz CT molecular complexity index is 568. The maximum absolute atomic E-state index is 11.7. The fraction of sp³-hybridized carbons (Fsp3) is 0.417. The van der Waals surface area contributed by atoms with Gasteiger partial charge in [-0.25, -0.2) is 8.42 Å². The summed E-state index contributed by atoms with van der Waals surface area (Å²) in [6.45, 7) is 2.03. The number of sulfonamides is 1. The van der Waals surface area contributed by atoms with Gasteiger partial charge in [-0.1, -0.05) is 13.0 Å². The first kappa shape index (κ1) is 12.9. The molecule has 1 saturated carbocycles. The zero-order chi connectivity index (χ0) is 13.3. The molecule has 2 N–H and O–H groups in total. The van der Waals surface area contributed by atoms with Crippen LogP contribution in [0.25, 0.3) is 0 Å². The van der Waals surface area contributed by atoms with Crippen LogP contribution in [0.5, 0.6) is 0 Å². The molecule has 5 nitrogen and oxygen atoms in total. The molecule has 0 heterocycles. The van der Waals surface area contributed by atoms with Crippen molar-refractivity contribution < 1.29 is 13.2 Å². The smallest absolute Gasteiger partial charge is 0.229 e. The lowest BCUT2D eigenvalue weighted by Crippen LogP contribution is -2.15. The molecule has 1 aromatic rings. The van der Waals surface area contributed by atoms with Crippen LogP contribution < -0.4 is 10.0 Å². The summed E-state index contributed by atoms with van der Waals surface area (Å²) in [5.41, 5.74) is 1.05. The SMILES string of the molecule is C[C@@H]1C[C@H]1C(=O)Nc1cccc(NS(C)(=O)=O)c1. The highest BCUT2D eigenvalue weighted by Crippen LogP contribution is 2.38. The molecule has 0 aromatic heterocycles. The van der Waals surface area contributed by atoms with Gasteiger partial charge >= 0.3 is 0 Å². The summed E-state index contributed by atoms with van der Waals surface area (Å²) >= 11 is 0. The van der Waals surface area contributed by atoms with Gasteiger partial charge in [-0.05, 0) is 30.5 Å². The van der Waals surface area contributed by atoms with E-state index in [1.807, 2.05) is 6.92 Å². The number of hydrogen-bond acceptors (Lipinski definition) is 3. The van der Waals surface area contributed by atoms with Gasteiger partial charge in [0.25, 0.3) is 0 Å². The van der Waals surface area contributed by atoms with Crippen molar-refractivity contribution in [2.24, 2.45) is 11.8 Å². The van der Waals surface area contributed by atoms with E-state index in [9.17, 15) is 13.2 Å². The lowest BCUT2D eigenvalue weighted by molar-refractivity contribution is -0.117. The van der Waals surface area contributed by atoms with Crippen molar-refractivity contribution in [3.63, 3.8) is 0 Å². The van der Waals surface area contributed by atoms with Crippen molar-refractivity contribution >= 4 is 27.3 Å². The number of amides is 1. The van der Waals surface area contributed by atoms with Crippen LogP contribution in [0.2, 0.25) is 0 Å². The maximum atomic E-state index is 11.7. The molecule has 2 rings (SSSR count). The topological polar surface area (TPSA) is 75.3 Å². The van der Waals surface area contributed by atoms with E-state index in [-0.39, 0.29) is 11.8 Å². The summed E-state index contributed by atoms with van der Waals surface area (Å²) in [6, 6.07) is 6.67. The fourth-order valence-electron chi connectivity index (χ4n) is 1.80. The van der Waals surface area contributed by atoms with Crippen molar-refractivity contribution in [3.05, 3.63) is 24.3 Å². The molecule has 98 valence electrons. The zero-order valence-corrected chi connectivity index (χ0v) is 11.1. The van der Waals surface area contributed by atoms with Crippen molar-refractivity contribution in [1.29, 1.82) is 0 Å². The van der Waals surface area contributed by atoms with Crippen LogP contribution in [-0.2, 0) is 14.8 Å². The molecule has 1 aliphatic rings. The number of anilines is 2. The summed E-state index contributed by atoms with van der Waals surface area (Å²) < 4.78 is 24.6. The van der Waals surface area contributed by atoms with Crippen LogP contribution in [0, 0.1) is 11.8 Å². The standard InChI is InChI=1S/C12H16N2O3S/c1-8-6-11(8)12(15)13-9-4-3-5-10(7-9)14-18(2,16)17/h3-5,7-8,11,14H,6H2,1-2H3,(H,13,15)/t8-,11-/m1/s1. The quantitative estimate of drug-likeness (QED) is 0.872. The Hall–Kier alpha value is -1.56. The van der Waals surface area contributed by atoms with Crippen molar-refractivity contribution in [2.75, 3.05) is 16.3 Å². The number of nitrogens with one attached hydrogen (secondary N) is 2. The van der Waals surface area contributed by atoms with Gasteiger partial charge in [0, 0.05) is 11.6 Å². The second-order valence-electron chi connectivity index (χ2n) is 4.76. The van der Waals surface area contributed by atoms with Gasteiger partial charge in [0.2, 0.25) is 15.9 Å². The maximum Gasteiger partial charge on any atom is 0.229 e. The second-order valence-corrected chi connectivity index (χ2v) is 6.51. The Labute approximate surface area is 107 Å². The Balaban J connectivity index is 2.05. The summed E-state index contributed by atoms with van der Waals surface area (Å²) in [5.74, 6) is 0.540. The second kappa shape index (κ2) is 4.61. The molecule has 2 atom stereocenters.